The molecular formula is C18H15N7O5. The van der Waals surface area contributed by atoms with Gasteiger partial charge in [-0.3, -0.25) is 10.1 Å². The van der Waals surface area contributed by atoms with Crippen molar-refractivity contribution in [2.45, 2.75) is 26.4 Å². The van der Waals surface area contributed by atoms with Crippen LogP contribution in [-0.4, -0.2) is 40.6 Å². The summed E-state index contributed by atoms with van der Waals surface area (Å²) in [4.78, 5) is 35.1. The van der Waals surface area contributed by atoms with Crippen molar-refractivity contribution in [2.24, 2.45) is 0 Å². The topological polar surface area (TPSA) is 151 Å². The van der Waals surface area contributed by atoms with Crippen LogP contribution in [0.1, 0.15) is 41.7 Å². The van der Waals surface area contributed by atoms with Gasteiger partial charge in [0.1, 0.15) is 6.33 Å². The number of fused-ring (bicyclic) bond motifs is 1. The third kappa shape index (κ3) is 3.57. The number of aromatic nitrogens is 6. The molecule has 0 aliphatic heterocycles. The Morgan fingerprint density at radius 1 is 1.27 bits per heavy atom. The number of rotatable bonds is 6. The number of benzene rings is 1. The highest BCUT2D eigenvalue weighted by Crippen LogP contribution is 2.22. The van der Waals surface area contributed by atoms with Crippen molar-refractivity contribution in [3.8, 4) is 11.4 Å². The van der Waals surface area contributed by atoms with Crippen LogP contribution < -0.4 is 0 Å². The normalized spacial score (nSPS) is 11.2. The maximum Gasteiger partial charge on any atom is 0.342 e. The molecule has 0 unspecified atom stereocenters. The fourth-order valence-corrected chi connectivity index (χ4v) is 2.88. The van der Waals surface area contributed by atoms with Gasteiger partial charge in [-0.05, 0) is 18.1 Å². The maximum atomic E-state index is 12.6. The zero-order chi connectivity index (χ0) is 21.3. The molecule has 0 fully saturated rings. The number of nitrogens with zero attached hydrogens (tertiary/aromatic N) is 7. The maximum absolute atomic E-state index is 12.6. The van der Waals surface area contributed by atoms with E-state index in [4.69, 9.17) is 9.26 Å². The largest absolute Gasteiger partial charge is 0.452 e. The number of non-ortho nitro benzene ring substituents is 1. The van der Waals surface area contributed by atoms with E-state index in [1.165, 1.54) is 41.3 Å². The van der Waals surface area contributed by atoms with Crippen LogP contribution in [-0.2, 0) is 11.3 Å². The number of ether oxygens (including phenoxy) is 1. The Hall–Kier alpha value is -4.22. The molecule has 3 heterocycles. The highest BCUT2D eigenvalue weighted by atomic mass is 16.6. The first-order chi connectivity index (χ1) is 14.4. The van der Waals surface area contributed by atoms with Gasteiger partial charge in [0, 0.05) is 23.9 Å². The van der Waals surface area contributed by atoms with Crippen molar-refractivity contribution in [2.75, 3.05) is 0 Å². The van der Waals surface area contributed by atoms with Crippen LogP contribution in [0.3, 0.4) is 0 Å². The van der Waals surface area contributed by atoms with Gasteiger partial charge in [-0.1, -0.05) is 19.0 Å². The standard InChI is InChI=1S/C18H15N7O5/c1-10(2)15-13(7-19-18-20-9-21-24(15)18)17(26)29-8-14-22-16(23-30-14)11-3-5-12(6-4-11)25(27)28/h3-7,9-10H,8H2,1-2H3. The minimum Gasteiger partial charge on any atom is -0.452 e. The number of hydrogen-bond acceptors (Lipinski definition) is 10. The first-order valence-electron chi connectivity index (χ1n) is 8.87. The molecule has 0 aliphatic carbocycles. The van der Waals surface area contributed by atoms with E-state index >= 15 is 0 Å². The summed E-state index contributed by atoms with van der Waals surface area (Å²) in [5, 5.41) is 18.7. The van der Waals surface area contributed by atoms with E-state index in [9.17, 15) is 14.9 Å². The van der Waals surface area contributed by atoms with Crippen molar-refractivity contribution in [1.82, 2.24) is 29.7 Å². The molecule has 0 N–H and O–H groups in total. The summed E-state index contributed by atoms with van der Waals surface area (Å²) in [6, 6.07) is 5.69. The monoisotopic (exact) mass is 409 g/mol. The second-order valence-corrected chi connectivity index (χ2v) is 6.58. The Labute approximate surface area is 168 Å². The summed E-state index contributed by atoms with van der Waals surface area (Å²) in [7, 11) is 0. The molecule has 0 spiro atoms. The van der Waals surface area contributed by atoms with Gasteiger partial charge in [0.15, 0.2) is 6.61 Å². The van der Waals surface area contributed by atoms with Gasteiger partial charge in [0.25, 0.3) is 17.4 Å². The summed E-state index contributed by atoms with van der Waals surface area (Å²) in [5.74, 6) is 0.0533. The minimum atomic E-state index is -0.612. The molecular weight excluding hydrogens is 394 g/mol. The van der Waals surface area contributed by atoms with Crippen molar-refractivity contribution in [3.05, 3.63) is 64.1 Å². The molecule has 0 atom stereocenters. The number of hydrogen-bond donors (Lipinski definition) is 0. The molecule has 12 heteroatoms. The molecule has 4 rings (SSSR count). The van der Waals surface area contributed by atoms with Crippen molar-refractivity contribution in [3.63, 3.8) is 0 Å². The smallest absolute Gasteiger partial charge is 0.342 e. The highest BCUT2D eigenvalue weighted by Gasteiger charge is 2.21. The quantitative estimate of drug-likeness (QED) is 0.264. The molecule has 0 radical (unpaired) electrons. The van der Waals surface area contributed by atoms with E-state index in [-0.39, 0.29) is 35.5 Å². The third-order valence-electron chi connectivity index (χ3n) is 4.24. The Morgan fingerprint density at radius 3 is 2.73 bits per heavy atom. The van der Waals surface area contributed by atoms with Gasteiger partial charge in [-0.25, -0.2) is 14.3 Å². The summed E-state index contributed by atoms with van der Waals surface area (Å²) < 4.78 is 11.9. The average molecular weight is 409 g/mol. The summed E-state index contributed by atoms with van der Waals surface area (Å²) in [5.41, 5.74) is 1.37. The Morgan fingerprint density at radius 2 is 2.03 bits per heavy atom. The molecule has 0 saturated carbocycles. The second-order valence-electron chi connectivity index (χ2n) is 6.58. The molecule has 0 saturated heterocycles. The molecule has 30 heavy (non-hydrogen) atoms. The van der Waals surface area contributed by atoms with Crippen LogP contribution in [0.2, 0.25) is 0 Å². The van der Waals surface area contributed by atoms with Crippen molar-refractivity contribution in [1.29, 1.82) is 0 Å². The minimum absolute atomic E-state index is 0.0307. The van der Waals surface area contributed by atoms with Crippen LogP contribution >= 0.6 is 0 Å². The van der Waals surface area contributed by atoms with Crippen LogP contribution in [0, 0.1) is 10.1 Å². The number of esters is 1. The van der Waals surface area contributed by atoms with E-state index in [0.29, 0.717) is 17.0 Å². The summed E-state index contributed by atoms with van der Waals surface area (Å²) >= 11 is 0. The fraction of sp³-hybridized carbons (Fsp3) is 0.222. The predicted molar refractivity (Wildman–Crippen MR) is 100 cm³/mol. The van der Waals surface area contributed by atoms with E-state index in [0.717, 1.165) is 0 Å². The van der Waals surface area contributed by atoms with E-state index < -0.39 is 10.9 Å². The second kappa shape index (κ2) is 7.66. The molecule has 12 nitrogen and oxygen atoms in total. The molecule has 4 aromatic rings. The van der Waals surface area contributed by atoms with Crippen LogP contribution in [0.4, 0.5) is 5.69 Å². The number of nitro groups is 1. The van der Waals surface area contributed by atoms with Crippen LogP contribution in [0.5, 0.6) is 0 Å². The fourth-order valence-electron chi connectivity index (χ4n) is 2.88. The lowest BCUT2D eigenvalue weighted by Crippen LogP contribution is -2.14. The van der Waals surface area contributed by atoms with Crippen LogP contribution in [0.25, 0.3) is 17.2 Å². The Kier molecular flexibility index (Phi) is 4.88. The van der Waals surface area contributed by atoms with Gasteiger partial charge in [0.2, 0.25) is 5.82 Å². The Balaban J connectivity index is 1.49. The van der Waals surface area contributed by atoms with E-state index in [1.54, 1.807) is 0 Å². The van der Waals surface area contributed by atoms with Crippen LogP contribution in [0.15, 0.2) is 41.3 Å². The van der Waals surface area contributed by atoms with Crippen molar-refractivity contribution >= 4 is 17.4 Å². The van der Waals surface area contributed by atoms with Gasteiger partial charge < -0.3 is 9.26 Å². The van der Waals surface area contributed by atoms with Gasteiger partial charge in [0.05, 0.1) is 16.2 Å². The third-order valence-corrected chi connectivity index (χ3v) is 4.24. The van der Waals surface area contributed by atoms with Gasteiger partial charge in [-0.2, -0.15) is 15.1 Å². The summed E-state index contributed by atoms with van der Waals surface area (Å²) in [6.07, 6.45) is 2.76. The average Bonchev–Trinajstić information content (AvgIpc) is 3.40. The van der Waals surface area contributed by atoms with E-state index in [2.05, 4.69) is 25.2 Å². The lowest BCUT2D eigenvalue weighted by molar-refractivity contribution is -0.384. The number of carbonyl (C=O) groups excluding carboxylic acids is 1. The van der Waals surface area contributed by atoms with Gasteiger partial charge >= 0.3 is 5.97 Å². The zero-order valence-electron chi connectivity index (χ0n) is 15.9. The molecule has 0 aliphatic rings. The first kappa shape index (κ1) is 19.1. The zero-order valence-corrected chi connectivity index (χ0v) is 15.9. The first-order valence-corrected chi connectivity index (χ1v) is 8.87. The highest BCUT2D eigenvalue weighted by molar-refractivity contribution is 5.90. The summed E-state index contributed by atoms with van der Waals surface area (Å²) in [6.45, 7) is 3.59. The molecule has 1 aromatic carbocycles. The van der Waals surface area contributed by atoms with Gasteiger partial charge in [-0.15, -0.1) is 0 Å². The number of nitro benzene ring substituents is 1. The lowest BCUT2D eigenvalue weighted by Gasteiger charge is -2.12. The lowest BCUT2D eigenvalue weighted by atomic mass is 10.1. The molecule has 152 valence electrons. The molecule has 0 bridgehead atoms. The number of carbonyl (C=O) groups is 1. The van der Waals surface area contributed by atoms with Crippen molar-refractivity contribution < 1.29 is 19.0 Å². The predicted octanol–water partition coefficient (Wildman–Crippen LogP) is 2.56. The molecule has 0 amide bonds. The van der Waals surface area contributed by atoms with E-state index in [1.807, 2.05) is 13.8 Å². The Bertz CT molecular complexity index is 1230. The SMILES string of the molecule is CC(C)c1c(C(=O)OCc2nc(-c3ccc([N+](=O)[O-])cc3)no2)cnc2ncnn12. The molecule has 3 aromatic heterocycles.